The van der Waals surface area contributed by atoms with Crippen molar-refractivity contribution in [1.82, 2.24) is 14.5 Å². The number of ether oxygens (including phenoxy) is 2. The van der Waals surface area contributed by atoms with Crippen LogP contribution in [0.2, 0.25) is 0 Å². The van der Waals surface area contributed by atoms with Crippen LogP contribution in [0.15, 0.2) is 41.6 Å². The van der Waals surface area contributed by atoms with E-state index in [-0.39, 0.29) is 29.2 Å². The van der Waals surface area contributed by atoms with Gasteiger partial charge >= 0.3 is 5.97 Å². The maximum atomic E-state index is 13.4. The molecule has 2 aromatic heterocycles. The minimum absolute atomic E-state index is 0.0758. The van der Waals surface area contributed by atoms with Crippen LogP contribution in [0.1, 0.15) is 34.9 Å². The fraction of sp³-hybridized carbons (Fsp3) is 0.318. The molecule has 164 valence electrons. The van der Waals surface area contributed by atoms with E-state index in [1.165, 1.54) is 32.4 Å². The van der Waals surface area contributed by atoms with Gasteiger partial charge in [0.15, 0.2) is 11.5 Å². The number of nitrogens with zero attached hydrogens (tertiary/aromatic N) is 2. The third-order valence-corrected chi connectivity index (χ3v) is 5.24. The molecule has 1 atom stereocenters. The lowest BCUT2D eigenvalue weighted by Gasteiger charge is -2.21. The number of esters is 1. The fourth-order valence-corrected chi connectivity index (χ4v) is 3.58. The Morgan fingerprint density at radius 3 is 2.65 bits per heavy atom. The van der Waals surface area contributed by atoms with Gasteiger partial charge in [-0.2, -0.15) is 0 Å². The standard InChI is InChI=1S/C22H25N3O6/c1-13-8-18(27)21(22(29)25(13)7-6-15-11-23-12-24-15)16(10-20(28)31-3)14-4-5-17(26)19(9-14)30-2/h4-5,8-9,11-12,16,26-27H,6-7,10H2,1-3H3,(H,23,24). The van der Waals surface area contributed by atoms with Gasteiger partial charge in [-0.25, -0.2) is 4.98 Å². The first-order valence-electron chi connectivity index (χ1n) is 9.70. The number of methoxy groups -OCH3 is 2. The first-order chi connectivity index (χ1) is 14.8. The molecule has 3 N–H and O–H groups in total. The number of rotatable bonds is 8. The van der Waals surface area contributed by atoms with Crippen LogP contribution in [0.5, 0.6) is 17.2 Å². The van der Waals surface area contributed by atoms with Gasteiger partial charge in [-0.1, -0.05) is 6.07 Å². The van der Waals surface area contributed by atoms with Gasteiger partial charge in [0.2, 0.25) is 0 Å². The highest BCUT2D eigenvalue weighted by atomic mass is 16.5. The third kappa shape index (κ3) is 4.71. The van der Waals surface area contributed by atoms with Crippen LogP contribution in [0, 0.1) is 6.92 Å². The molecular weight excluding hydrogens is 402 g/mol. The van der Waals surface area contributed by atoms with Crippen LogP contribution >= 0.6 is 0 Å². The zero-order valence-corrected chi connectivity index (χ0v) is 17.6. The number of carbonyl (C=O) groups excluding carboxylic acids is 1. The number of phenols is 1. The van der Waals surface area contributed by atoms with Gasteiger partial charge in [0.25, 0.3) is 5.56 Å². The molecule has 0 saturated heterocycles. The first kappa shape index (κ1) is 21.9. The smallest absolute Gasteiger partial charge is 0.306 e. The molecule has 0 saturated carbocycles. The minimum Gasteiger partial charge on any atom is -0.507 e. The Kier molecular flexibility index (Phi) is 6.64. The average molecular weight is 427 g/mol. The van der Waals surface area contributed by atoms with Crippen molar-refractivity contribution >= 4 is 5.97 Å². The number of pyridine rings is 1. The summed E-state index contributed by atoms with van der Waals surface area (Å²) < 4.78 is 11.5. The first-order valence-corrected chi connectivity index (χ1v) is 9.70. The normalized spacial score (nSPS) is 11.8. The minimum atomic E-state index is -0.798. The number of carbonyl (C=O) groups is 1. The molecule has 0 bridgehead atoms. The fourth-order valence-electron chi connectivity index (χ4n) is 3.58. The topological polar surface area (TPSA) is 127 Å². The molecule has 0 fully saturated rings. The van der Waals surface area contributed by atoms with Gasteiger partial charge in [0.1, 0.15) is 5.75 Å². The maximum absolute atomic E-state index is 13.4. The molecule has 9 heteroatoms. The Labute approximate surface area is 178 Å². The Morgan fingerprint density at radius 1 is 1.23 bits per heavy atom. The van der Waals surface area contributed by atoms with Crippen molar-refractivity contribution in [2.24, 2.45) is 0 Å². The molecular formula is C22H25N3O6. The zero-order chi connectivity index (χ0) is 22.5. The number of aromatic amines is 1. The molecule has 3 rings (SSSR count). The van der Waals surface area contributed by atoms with E-state index in [1.54, 1.807) is 30.1 Å². The highest BCUT2D eigenvalue weighted by molar-refractivity contribution is 5.71. The summed E-state index contributed by atoms with van der Waals surface area (Å²) in [4.78, 5) is 32.5. The zero-order valence-electron chi connectivity index (χ0n) is 17.6. The van der Waals surface area contributed by atoms with Crippen LogP contribution < -0.4 is 10.3 Å². The number of imidazole rings is 1. The molecule has 9 nitrogen and oxygen atoms in total. The Hall–Kier alpha value is -3.75. The summed E-state index contributed by atoms with van der Waals surface area (Å²) in [6.45, 7) is 2.10. The molecule has 3 aromatic rings. The number of aromatic hydroxyl groups is 2. The molecule has 0 aliphatic carbocycles. The molecule has 1 aromatic carbocycles. The third-order valence-electron chi connectivity index (χ3n) is 5.24. The summed E-state index contributed by atoms with van der Waals surface area (Å²) in [5, 5.41) is 20.6. The van der Waals surface area contributed by atoms with Crippen LogP contribution in [-0.2, 0) is 22.5 Å². The van der Waals surface area contributed by atoms with Gasteiger partial charge in [-0.3, -0.25) is 9.59 Å². The van der Waals surface area contributed by atoms with Crippen molar-refractivity contribution in [3.63, 3.8) is 0 Å². The van der Waals surface area contributed by atoms with Gasteiger partial charge in [0, 0.05) is 36.5 Å². The predicted molar refractivity (Wildman–Crippen MR) is 113 cm³/mol. The average Bonchev–Trinajstić information content (AvgIpc) is 3.26. The number of H-pyrrole nitrogens is 1. The number of hydrogen-bond donors (Lipinski definition) is 3. The molecule has 0 spiro atoms. The summed E-state index contributed by atoms with van der Waals surface area (Å²) in [6.07, 6.45) is 3.62. The Morgan fingerprint density at radius 2 is 2.00 bits per heavy atom. The van der Waals surface area contributed by atoms with Crippen molar-refractivity contribution in [1.29, 1.82) is 0 Å². The van der Waals surface area contributed by atoms with Gasteiger partial charge in [-0.05, 0) is 30.7 Å². The van der Waals surface area contributed by atoms with Gasteiger partial charge < -0.3 is 29.2 Å². The molecule has 0 aliphatic heterocycles. The van der Waals surface area contributed by atoms with E-state index in [9.17, 15) is 19.8 Å². The number of hydrogen-bond acceptors (Lipinski definition) is 7. The van der Waals surface area contributed by atoms with Crippen molar-refractivity contribution in [3.05, 3.63) is 69.7 Å². The van der Waals surface area contributed by atoms with Crippen molar-refractivity contribution in [2.45, 2.75) is 32.2 Å². The van der Waals surface area contributed by atoms with Crippen LogP contribution in [0.3, 0.4) is 0 Å². The monoisotopic (exact) mass is 427 g/mol. The number of nitrogens with one attached hydrogen (secondary N) is 1. The Balaban J connectivity index is 2.10. The van der Waals surface area contributed by atoms with E-state index in [0.29, 0.717) is 24.2 Å². The SMILES string of the molecule is COC(=O)CC(c1ccc(O)c(OC)c1)c1c(O)cc(C)n(CCc2cnc[nH]2)c1=O. The van der Waals surface area contributed by atoms with Crippen molar-refractivity contribution < 1.29 is 24.5 Å². The molecule has 0 amide bonds. The van der Waals surface area contributed by atoms with E-state index >= 15 is 0 Å². The van der Waals surface area contributed by atoms with Crippen LogP contribution in [0.4, 0.5) is 0 Å². The summed E-state index contributed by atoms with van der Waals surface area (Å²) in [6, 6.07) is 6.04. The predicted octanol–water partition coefficient (Wildman–Crippen LogP) is 2.24. The highest BCUT2D eigenvalue weighted by Gasteiger charge is 2.27. The van der Waals surface area contributed by atoms with E-state index in [2.05, 4.69) is 9.97 Å². The lowest BCUT2D eigenvalue weighted by molar-refractivity contribution is -0.140. The lowest BCUT2D eigenvalue weighted by atomic mass is 9.88. The summed E-state index contributed by atoms with van der Waals surface area (Å²) >= 11 is 0. The van der Waals surface area contributed by atoms with E-state index in [4.69, 9.17) is 9.47 Å². The van der Waals surface area contributed by atoms with Crippen LogP contribution in [0.25, 0.3) is 0 Å². The Bertz CT molecular complexity index is 1120. The van der Waals surface area contributed by atoms with E-state index in [0.717, 1.165) is 5.69 Å². The number of aromatic nitrogens is 3. The number of benzene rings is 1. The molecule has 2 heterocycles. The summed E-state index contributed by atoms with van der Waals surface area (Å²) in [7, 11) is 2.66. The van der Waals surface area contributed by atoms with Crippen LogP contribution in [-0.4, -0.2) is 44.9 Å². The van der Waals surface area contributed by atoms with Crippen molar-refractivity contribution in [3.8, 4) is 17.2 Å². The number of phenolic OH excluding ortho intramolecular Hbond substituents is 1. The second-order valence-corrected chi connectivity index (χ2v) is 7.13. The quantitative estimate of drug-likeness (QED) is 0.471. The van der Waals surface area contributed by atoms with Gasteiger partial charge in [-0.15, -0.1) is 0 Å². The lowest BCUT2D eigenvalue weighted by Crippen LogP contribution is -2.29. The largest absolute Gasteiger partial charge is 0.507 e. The molecule has 1 unspecified atom stereocenters. The van der Waals surface area contributed by atoms with E-state index < -0.39 is 17.4 Å². The maximum Gasteiger partial charge on any atom is 0.306 e. The van der Waals surface area contributed by atoms with Gasteiger partial charge in [0.05, 0.1) is 32.5 Å². The second-order valence-electron chi connectivity index (χ2n) is 7.13. The summed E-state index contributed by atoms with van der Waals surface area (Å²) in [5.74, 6) is -1.43. The van der Waals surface area contributed by atoms with Crippen molar-refractivity contribution in [2.75, 3.05) is 14.2 Å². The summed E-state index contributed by atoms with van der Waals surface area (Å²) in [5.41, 5.74) is 1.66. The number of aryl methyl sites for hydroxylation is 2. The highest BCUT2D eigenvalue weighted by Crippen LogP contribution is 2.36. The molecule has 0 radical (unpaired) electrons. The molecule has 0 aliphatic rings. The second kappa shape index (κ2) is 9.38. The van der Waals surface area contributed by atoms with E-state index in [1.807, 2.05) is 0 Å². The molecule has 31 heavy (non-hydrogen) atoms.